The molecule has 682 valence electrons. The second kappa shape index (κ2) is 47.5. The summed E-state index contributed by atoms with van der Waals surface area (Å²) in [5.41, 5.74) is 19.2. The zero-order valence-electron chi connectivity index (χ0n) is 77.2. The third-order valence-electron chi connectivity index (χ3n) is 24.7. The number of para-hydroxylation sites is 2. The van der Waals surface area contributed by atoms with Crippen LogP contribution in [-0.4, -0.2) is 84.3 Å². The van der Waals surface area contributed by atoms with E-state index >= 15 is 0 Å². The minimum absolute atomic E-state index is 0.0156. The summed E-state index contributed by atoms with van der Waals surface area (Å²) in [6.07, 6.45) is 15.1. The normalized spacial score (nSPS) is 14.9. The number of hydrogen-bond acceptors (Lipinski definition) is 11. The molecule has 6 atom stereocenters. The highest BCUT2D eigenvalue weighted by molar-refractivity contribution is 6.36. The number of aromatic nitrogens is 3. The Labute approximate surface area is 788 Å². The van der Waals surface area contributed by atoms with Gasteiger partial charge in [-0.2, -0.15) is 0 Å². The Hall–Kier alpha value is -13.5. The zero-order chi connectivity index (χ0) is 95.6. The summed E-state index contributed by atoms with van der Waals surface area (Å²) in [7, 11) is 0. The van der Waals surface area contributed by atoms with Crippen molar-refractivity contribution in [3.8, 4) is 11.1 Å². The van der Waals surface area contributed by atoms with Crippen molar-refractivity contribution in [2.45, 2.75) is 182 Å². The number of carboxylic acids is 1. The Morgan fingerprint density at radius 2 is 1.11 bits per heavy atom. The monoisotopic (exact) mass is 1820 g/mol. The lowest BCUT2D eigenvalue weighted by atomic mass is 9.85. The van der Waals surface area contributed by atoms with Crippen LogP contribution in [-0.2, 0) is 76.1 Å². The molecule has 2 aliphatic heterocycles. The number of aryl methyl sites for hydroxylation is 1. The van der Waals surface area contributed by atoms with E-state index < -0.39 is 23.3 Å². The Morgan fingerprint density at radius 3 is 1.71 bits per heavy atom. The van der Waals surface area contributed by atoms with E-state index in [-0.39, 0.29) is 75.4 Å². The number of ketones is 9. The standard InChI is InChI=1S/C18H23NO2.C17H16O2.C17H18O2.C16H14Cl2O.C16H15NO2.C16H15NO.C15H13FO2/c1-4-13-7-6-8-14-15-9-10-21-18(5-2,11-12(3)20)17(15)19-16(13)14;1-12(13(2)18)15-9-6-10-16(11-15)17(19)14-7-4-3-5-8-14;1-13(18)7-12-17(19)16-10-8-15(9-11-16)14-5-3-2-4-6-14;1-11(19)9-12-5-2-3-6-13(12)10-14-15(17)7-4-8-16(14)18;1-11(18)13-9-10-17-14(13)7-8-15(17)16(19)12-5-3-2-4-6-12;1-10(11(2)18)12-7-8-14-13-5-3-4-6-15(13)17-16(14)9-12;1-10(15(17)18)13-8-7-12(9-14(13)16)11-5-3-2-4-6-11/h6-8,19H,4-5,9-11H2,1-3H3;3-12H,1-2H3;2-5,8-11,14H,6-7,12H2,1H3;2-8H,9-10H2,1H3;2-8,13H,9-10H2,1H3;3-10,17H,1-2H3;2-10H,1H3,(H,17,18). The van der Waals surface area contributed by atoms with Crippen LogP contribution in [0, 0.1) is 5.82 Å². The molecule has 0 saturated heterocycles. The average molecular weight is 1820 g/mol. The third-order valence-corrected chi connectivity index (χ3v) is 25.4. The van der Waals surface area contributed by atoms with Gasteiger partial charge in [-0.25, -0.2) is 4.39 Å². The summed E-state index contributed by atoms with van der Waals surface area (Å²) in [6.45, 7) is 20.6. The van der Waals surface area contributed by atoms with Crippen LogP contribution in [0.5, 0.6) is 0 Å². The number of allylic oxidation sites excluding steroid dienone is 4. The van der Waals surface area contributed by atoms with Crippen LogP contribution in [0.15, 0.2) is 297 Å². The number of carbonyl (C=O) groups is 10. The maximum atomic E-state index is 13.9. The van der Waals surface area contributed by atoms with Crippen LogP contribution in [0.1, 0.15) is 248 Å². The fourth-order valence-corrected chi connectivity index (χ4v) is 17.3. The van der Waals surface area contributed by atoms with Crippen molar-refractivity contribution in [3.05, 3.63) is 403 Å². The van der Waals surface area contributed by atoms with Crippen LogP contribution in [0.2, 0.25) is 10.0 Å². The maximum Gasteiger partial charge on any atom is 0.310 e. The second-order valence-electron chi connectivity index (χ2n) is 34.0. The maximum absolute atomic E-state index is 13.9. The molecule has 14 aromatic rings. The predicted octanol–water partition coefficient (Wildman–Crippen LogP) is 26.5. The minimum atomic E-state index is -1.03. The fourth-order valence-electron chi connectivity index (χ4n) is 16.8. The zero-order valence-corrected chi connectivity index (χ0v) is 78.7. The van der Waals surface area contributed by atoms with Gasteiger partial charge < -0.3 is 29.2 Å². The molecule has 6 unspecified atom stereocenters. The van der Waals surface area contributed by atoms with Crippen molar-refractivity contribution in [3.63, 3.8) is 0 Å². The molecule has 3 aliphatic rings. The molecule has 17 rings (SSSR count). The molecule has 15 nitrogen and oxygen atoms in total. The number of aromatic amines is 2. The summed E-state index contributed by atoms with van der Waals surface area (Å²) in [4.78, 5) is 123. The first-order chi connectivity index (χ1) is 63.9. The van der Waals surface area contributed by atoms with E-state index in [0.717, 1.165) is 100 Å². The number of carbonyl (C=O) groups excluding carboxylic acids is 9. The molecule has 0 fully saturated rings. The Morgan fingerprint density at radius 1 is 0.519 bits per heavy atom. The molecule has 0 spiro atoms. The Kier molecular flexibility index (Phi) is 35.8. The largest absolute Gasteiger partial charge is 0.481 e. The van der Waals surface area contributed by atoms with Gasteiger partial charge in [-0.3, -0.25) is 43.2 Å². The van der Waals surface area contributed by atoms with Gasteiger partial charge in [0.05, 0.1) is 29.8 Å². The quantitative estimate of drug-likeness (QED) is 0.0453. The number of nitrogens with one attached hydrogen (secondary N) is 2. The van der Waals surface area contributed by atoms with E-state index in [1.165, 1.54) is 64.3 Å². The van der Waals surface area contributed by atoms with E-state index in [1.807, 2.05) is 200 Å². The summed E-state index contributed by atoms with van der Waals surface area (Å²) in [5.74, 6) is -1.28. The van der Waals surface area contributed by atoms with Gasteiger partial charge in [0.25, 0.3) is 0 Å². The van der Waals surface area contributed by atoms with Gasteiger partial charge in [-0.1, -0.05) is 300 Å². The third kappa shape index (κ3) is 26.0. The Bertz CT molecular complexity index is 6560. The van der Waals surface area contributed by atoms with Crippen molar-refractivity contribution in [2.75, 3.05) is 6.61 Å². The lowest BCUT2D eigenvalue weighted by Crippen LogP contribution is -2.36. The van der Waals surface area contributed by atoms with E-state index in [2.05, 4.69) is 96.7 Å². The first-order valence-electron chi connectivity index (χ1n) is 45.2. The van der Waals surface area contributed by atoms with E-state index in [1.54, 1.807) is 65.0 Å². The molecule has 3 aromatic heterocycles. The molecule has 5 heterocycles. The molecule has 0 bridgehead atoms. The topological polar surface area (TPSA) is 237 Å². The van der Waals surface area contributed by atoms with E-state index in [0.29, 0.717) is 82.6 Å². The van der Waals surface area contributed by atoms with Gasteiger partial charge >= 0.3 is 5.97 Å². The molecular weight excluding hydrogens is 1710 g/mol. The van der Waals surface area contributed by atoms with Crippen molar-refractivity contribution >= 4 is 114 Å². The summed E-state index contributed by atoms with van der Waals surface area (Å²) >= 11 is 12.4. The lowest BCUT2D eigenvalue weighted by Gasteiger charge is -2.36. The number of aliphatic carboxylic acids is 1. The number of rotatable bonds is 25. The minimum Gasteiger partial charge on any atom is -0.481 e. The molecule has 1 aliphatic carbocycles. The summed E-state index contributed by atoms with van der Waals surface area (Å²) in [6, 6.07) is 85.6. The van der Waals surface area contributed by atoms with Crippen molar-refractivity contribution < 1.29 is 62.2 Å². The van der Waals surface area contributed by atoms with Gasteiger partial charge in [0.1, 0.15) is 46.1 Å². The van der Waals surface area contributed by atoms with Crippen LogP contribution in [0.25, 0.3) is 43.8 Å². The highest BCUT2D eigenvalue weighted by Gasteiger charge is 2.40. The van der Waals surface area contributed by atoms with Crippen LogP contribution in [0.3, 0.4) is 0 Å². The first kappa shape index (κ1) is 100. The smallest absolute Gasteiger partial charge is 0.310 e. The molecule has 0 saturated carbocycles. The highest BCUT2D eigenvalue weighted by Crippen LogP contribution is 2.43. The first-order valence-corrected chi connectivity index (χ1v) is 45.9. The highest BCUT2D eigenvalue weighted by atomic mass is 35.5. The molecule has 18 heteroatoms. The van der Waals surface area contributed by atoms with E-state index in [9.17, 15) is 52.3 Å². The molecule has 133 heavy (non-hydrogen) atoms. The van der Waals surface area contributed by atoms with Gasteiger partial charge in [-0.05, 0) is 185 Å². The van der Waals surface area contributed by atoms with Crippen LogP contribution in [0.4, 0.5) is 4.39 Å². The molecule has 0 radical (unpaired) electrons. The number of fused-ring (bicyclic) bond motifs is 7. The molecule has 3 N–H and O–H groups in total. The van der Waals surface area contributed by atoms with Gasteiger partial charge in [-0.15, -0.1) is 0 Å². The number of Topliss-reactive ketones (excluding diaryl/α,β-unsaturated/α-hetero) is 7. The number of nitrogens with zero attached hydrogens (tertiary/aromatic N) is 1. The van der Waals surface area contributed by atoms with Crippen LogP contribution >= 0.6 is 23.2 Å². The number of halogens is 3. The number of benzene rings is 11. The van der Waals surface area contributed by atoms with Crippen molar-refractivity contribution in [1.82, 2.24) is 14.5 Å². The van der Waals surface area contributed by atoms with Gasteiger partial charge in [0, 0.05) is 133 Å². The van der Waals surface area contributed by atoms with Crippen molar-refractivity contribution in [2.24, 2.45) is 0 Å². The summed E-state index contributed by atoms with van der Waals surface area (Å²) in [5, 5.41) is 13.9. The SMILES string of the molecule is CC(=O)C(C)c1ccc2c(c1)[nH]c1ccccc12.CC(=O)C(C)c1cccc(C(=O)c2ccccc2)c1.CC(=O)C1CCn2c(C(=O)c3ccccc3)ccc21.CC(=O)CCC(=O)c1ccc(C2C=CC=CC2)cc1.CC(=O)Cc1ccccc1Cc1c(Cl)cccc1Cl.CC(C(=O)O)c1ccc(-c2ccccc2)cc1F.CCc1cccc2c3c([nH]c12)C(CC)(CC(C)=O)OCC3. The number of H-pyrrole nitrogens is 2. The van der Waals surface area contributed by atoms with Crippen molar-refractivity contribution in [1.29, 1.82) is 0 Å². The lowest BCUT2D eigenvalue weighted by molar-refractivity contribution is -0.138. The number of ether oxygens (including phenoxy) is 1. The summed E-state index contributed by atoms with van der Waals surface area (Å²) < 4.78 is 22.0. The van der Waals surface area contributed by atoms with Crippen LogP contribution < -0.4 is 0 Å². The predicted molar refractivity (Wildman–Crippen MR) is 532 cm³/mol. The second-order valence-corrected chi connectivity index (χ2v) is 34.8. The Balaban J connectivity index is 0.000000150. The molecule has 0 amide bonds. The number of carboxylic acid groups (broad SMARTS) is 1. The van der Waals surface area contributed by atoms with Gasteiger partial charge in [0.2, 0.25) is 5.78 Å². The fraction of sp³-hybridized carbons (Fsp3) is 0.252. The van der Waals surface area contributed by atoms with E-state index in [4.69, 9.17) is 33.0 Å². The number of hydrogen-bond donors (Lipinski definition) is 3. The molecular formula is C115H114Cl2FN3O12. The molecule has 11 aromatic carbocycles. The average Bonchev–Trinajstić information content (AvgIpc) is 1.59. The van der Waals surface area contributed by atoms with Gasteiger partial charge in [0.15, 0.2) is 11.6 Å².